The van der Waals surface area contributed by atoms with Crippen LogP contribution < -0.4 is 5.73 Å². The molecule has 68 valence electrons. The van der Waals surface area contributed by atoms with E-state index in [-0.39, 0.29) is 0 Å². The van der Waals surface area contributed by atoms with Crippen LogP contribution in [-0.4, -0.2) is 4.98 Å². The van der Waals surface area contributed by atoms with E-state index in [1.165, 1.54) is 9.75 Å². The minimum atomic E-state index is 0.525. The van der Waals surface area contributed by atoms with Gasteiger partial charge in [-0.1, -0.05) is 6.07 Å². The van der Waals surface area contributed by atoms with E-state index in [1.807, 2.05) is 6.92 Å². The van der Waals surface area contributed by atoms with Crippen LogP contribution in [0.4, 0.5) is 0 Å². The van der Waals surface area contributed by atoms with Gasteiger partial charge in [0.25, 0.3) is 0 Å². The molecule has 0 unspecified atom stereocenters. The van der Waals surface area contributed by atoms with E-state index in [0.717, 1.165) is 10.7 Å². The van der Waals surface area contributed by atoms with Crippen molar-refractivity contribution in [3.8, 4) is 9.75 Å². The standard InChI is InChI=1S/C9H10N2S2/c1-6-11-7(5-10)9(13-6)8-3-2-4-12-8/h2-4H,5,10H2,1H3. The second-order valence-electron chi connectivity index (χ2n) is 2.69. The zero-order chi connectivity index (χ0) is 9.26. The monoisotopic (exact) mass is 210 g/mol. The number of nitrogens with zero attached hydrogens (tertiary/aromatic N) is 1. The molecule has 4 heteroatoms. The molecule has 0 fully saturated rings. The third-order valence-electron chi connectivity index (χ3n) is 1.74. The van der Waals surface area contributed by atoms with Crippen molar-refractivity contribution in [3.05, 3.63) is 28.2 Å². The van der Waals surface area contributed by atoms with Crippen LogP contribution in [0.1, 0.15) is 10.7 Å². The van der Waals surface area contributed by atoms with E-state index in [4.69, 9.17) is 5.73 Å². The van der Waals surface area contributed by atoms with Gasteiger partial charge in [-0.15, -0.1) is 22.7 Å². The summed E-state index contributed by atoms with van der Waals surface area (Å²) in [6, 6.07) is 4.16. The summed E-state index contributed by atoms with van der Waals surface area (Å²) in [5, 5.41) is 3.16. The molecule has 0 radical (unpaired) electrons. The van der Waals surface area contributed by atoms with E-state index in [1.54, 1.807) is 22.7 Å². The van der Waals surface area contributed by atoms with Crippen molar-refractivity contribution in [1.82, 2.24) is 4.98 Å². The Hall–Kier alpha value is -0.710. The summed E-state index contributed by atoms with van der Waals surface area (Å²) in [5.74, 6) is 0. The number of aromatic nitrogens is 1. The number of rotatable bonds is 2. The van der Waals surface area contributed by atoms with Gasteiger partial charge < -0.3 is 5.73 Å². The van der Waals surface area contributed by atoms with Crippen LogP contribution in [0, 0.1) is 6.92 Å². The van der Waals surface area contributed by atoms with Gasteiger partial charge >= 0.3 is 0 Å². The number of thiazole rings is 1. The Balaban J connectivity index is 2.50. The maximum absolute atomic E-state index is 5.62. The molecule has 2 rings (SSSR count). The molecule has 13 heavy (non-hydrogen) atoms. The summed E-state index contributed by atoms with van der Waals surface area (Å²) >= 11 is 3.45. The highest BCUT2D eigenvalue weighted by molar-refractivity contribution is 7.21. The largest absolute Gasteiger partial charge is 0.325 e. The molecule has 2 aromatic heterocycles. The second kappa shape index (κ2) is 3.57. The number of hydrogen-bond acceptors (Lipinski definition) is 4. The summed E-state index contributed by atoms with van der Waals surface area (Å²) < 4.78 is 0. The van der Waals surface area contributed by atoms with Crippen LogP contribution >= 0.6 is 22.7 Å². The fourth-order valence-corrected chi connectivity index (χ4v) is 3.03. The summed E-state index contributed by atoms with van der Waals surface area (Å²) in [4.78, 5) is 6.89. The Morgan fingerprint density at radius 2 is 2.38 bits per heavy atom. The Morgan fingerprint density at radius 3 is 3.00 bits per heavy atom. The van der Waals surface area contributed by atoms with E-state index in [2.05, 4.69) is 22.5 Å². The predicted molar refractivity (Wildman–Crippen MR) is 58.1 cm³/mol. The average Bonchev–Trinajstić information content (AvgIpc) is 2.71. The van der Waals surface area contributed by atoms with Gasteiger partial charge in [-0.3, -0.25) is 0 Å². The summed E-state index contributed by atoms with van der Waals surface area (Å²) in [7, 11) is 0. The maximum Gasteiger partial charge on any atom is 0.0904 e. The molecular formula is C9H10N2S2. The van der Waals surface area contributed by atoms with Crippen molar-refractivity contribution in [3.63, 3.8) is 0 Å². The number of thiophene rings is 1. The van der Waals surface area contributed by atoms with Crippen molar-refractivity contribution in [2.45, 2.75) is 13.5 Å². The molecule has 2 heterocycles. The molecule has 0 saturated carbocycles. The lowest BCUT2D eigenvalue weighted by molar-refractivity contribution is 1.00. The Kier molecular flexibility index (Phi) is 2.44. The molecule has 2 aromatic rings. The van der Waals surface area contributed by atoms with Gasteiger partial charge in [-0.25, -0.2) is 4.98 Å². The SMILES string of the molecule is Cc1nc(CN)c(-c2cccs2)s1. The third kappa shape index (κ3) is 1.65. The molecule has 0 aliphatic carbocycles. The highest BCUT2D eigenvalue weighted by atomic mass is 32.1. The van der Waals surface area contributed by atoms with Crippen molar-refractivity contribution in [1.29, 1.82) is 0 Å². The predicted octanol–water partition coefficient (Wildman–Crippen LogP) is 2.64. The number of hydrogen-bond donors (Lipinski definition) is 1. The zero-order valence-electron chi connectivity index (χ0n) is 7.28. The number of aryl methyl sites for hydroxylation is 1. The zero-order valence-corrected chi connectivity index (χ0v) is 8.91. The molecule has 2 N–H and O–H groups in total. The lowest BCUT2D eigenvalue weighted by Gasteiger charge is -1.93. The second-order valence-corrected chi connectivity index (χ2v) is 4.84. The van der Waals surface area contributed by atoms with Crippen molar-refractivity contribution < 1.29 is 0 Å². The van der Waals surface area contributed by atoms with Crippen LogP contribution in [0.2, 0.25) is 0 Å². The smallest absolute Gasteiger partial charge is 0.0904 e. The van der Waals surface area contributed by atoms with Crippen LogP contribution in [0.15, 0.2) is 17.5 Å². The van der Waals surface area contributed by atoms with Gasteiger partial charge in [0.1, 0.15) is 0 Å². The maximum atomic E-state index is 5.62. The molecule has 0 aliphatic heterocycles. The fourth-order valence-electron chi connectivity index (χ4n) is 1.21. The van der Waals surface area contributed by atoms with E-state index < -0.39 is 0 Å². The van der Waals surface area contributed by atoms with Crippen molar-refractivity contribution >= 4 is 22.7 Å². The van der Waals surface area contributed by atoms with E-state index in [9.17, 15) is 0 Å². The van der Waals surface area contributed by atoms with Gasteiger partial charge in [-0.05, 0) is 18.4 Å². The topological polar surface area (TPSA) is 38.9 Å². The summed E-state index contributed by atoms with van der Waals surface area (Å²) in [6.45, 7) is 2.54. The van der Waals surface area contributed by atoms with Crippen molar-refractivity contribution in [2.24, 2.45) is 5.73 Å². The first-order valence-electron chi connectivity index (χ1n) is 4.01. The van der Waals surface area contributed by atoms with Gasteiger partial charge in [-0.2, -0.15) is 0 Å². The normalized spacial score (nSPS) is 10.6. The van der Waals surface area contributed by atoms with Crippen LogP contribution in [0.3, 0.4) is 0 Å². The van der Waals surface area contributed by atoms with Gasteiger partial charge in [0, 0.05) is 11.4 Å². The minimum Gasteiger partial charge on any atom is -0.325 e. The average molecular weight is 210 g/mol. The van der Waals surface area contributed by atoms with Gasteiger partial charge in [0.05, 0.1) is 15.6 Å². The van der Waals surface area contributed by atoms with Crippen LogP contribution in [-0.2, 0) is 6.54 Å². The first kappa shape index (κ1) is 8.87. The van der Waals surface area contributed by atoms with Crippen LogP contribution in [0.5, 0.6) is 0 Å². The summed E-state index contributed by atoms with van der Waals surface area (Å²) in [6.07, 6.45) is 0. The van der Waals surface area contributed by atoms with Gasteiger partial charge in [0.15, 0.2) is 0 Å². The quantitative estimate of drug-likeness (QED) is 0.827. The Bertz CT molecular complexity index is 390. The highest BCUT2D eigenvalue weighted by Crippen LogP contribution is 2.32. The first-order chi connectivity index (χ1) is 6.31. The van der Waals surface area contributed by atoms with Crippen LogP contribution in [0.25, 0.3) is 9.75 Å². The lowest BCUT2D eigenvalue weighted by atomic mass is 10.3. The molecular weight excluding hydrogens is 200 g/mol. The molecule has 0 atom stereocenters. The van der Waals surface area contributed by atoms with E-state index >= 15 is 0 Å². The summed E-state index contributed by atoms with van der Waals surface area (Å²) in [5.41, 5.74) is 6.64. The molecule has 0 bridgehead atoms. The Labute approximate surface area is 85.1 Å². The minimum absolute atomic E-state index is 0.525. The van der Waals surface area contributed by atoms with E-state index in [0.29, 0.717) is 6.54 Å². The molecule has 0 aromatic carbocycles. The highest BCUT2D eigenvalue weighted by Gasteiger charge is 2.09. The molecule has 0 saturated heterocycles. The molecule has 0 amide bonds. The number of nitrogens with two attached hydrogens (primary N) is 1. The fraction of sp³-hybridized carbons (Fsp3) is 0.222. The lowest BCUT2D eigenvalue weighted by Crippen LogP contribution is -1.97. The Morgan fingerprint density at radius 1 is 1.54 bits per heavy atom. The molecule has 2 nitrogen and oxygen atoms in total. The first-order valence-corrected chi connectivity index (χ1v) is 5.71. The molecule has 0 aliphatic rings. The van der Waals surface area contributed by atoms with Crippen molar-refractivity contribution in [2.75, 3.05) is 0 Å². The van der Waals surface area contributed by atoms with Gasteiger partial charge in [0.2, 0.25) is 0 Å². The molecule has 0 spiro atoms. The third-order valence-corrected chi connectivity index (χ3v) is 3.81.